The fourth-order valence-corrected chi connectivity index (χ4v) is 5.84. The smallest absolute Gasteiger partial charge is 0.141 e. The maximum atomic E-state index is 9.29. The monoisotopic (exact) mass is 511 g/mol. The second kappa shape index (κ2) is 8.69. The van der Waals surface area contributed by atoms with E-state index in [2.05, 4.69) is 113 Å². The van der Waals surface area contributed by atoms with Crippen LogP contribution in [0.5, 0.6) is 0 Å². The molecule has 8 rings (SSSR count). The highest BCUT2D eigenvalue weighted by molar-refractivity contribution is 6.17. The fraction of sp³-hybridized carbons (Fsp3) is 0. The quantitative estimate of drug-likeness (QED) is 0.237. The topological polar surface area (TPSA) is 54.8 Å². The van der Waals surface area contributed by atoms with Crippen molar-refractivity contribution in [3.8, 4) is 34.0 Å². The van der Waals surface area contributed by atoms with Crippen molar-refractivity contribution in [2.45, 2.75) is 0 Å². The molecule has 0 spiro atoms. The molecule has 0 aliphatic carbocycles. The molecule has 0 unspecified atom stereocenters. The number of rotatable bonds is 3. The van der Waals surface area contributed by atoms with Gasteiger partial charge in [-0.25, -0.2) is 4.98 Å². The first-order valence-corrected chi connectivity index (χ1v) is 13.2. The van der Waals surface area contributed by atoms with E-state index in [-0.39, 0.29) is 0 Å². The average Bonchev–Trinajstić information content (AvgIpc) is 3.55. The van der Waals surface area contributed by atoms with Gasteiger partial charge in [0.2, 0.25) is 0 Å². The van der Waals surface area contributed by atoms with Crippen LogP contribution in [0.3, 0.4) is 0 Å². The van der Waals surface area contributed by atoms with E-state index in [9.17, 15) is 5.26 Å². The molecule has 8 aromatic rings. The summed E-state index contributed by atoms with van der Waals surface area (Å²) < 4.78 is 8.60. The minimum Gasteiger partial charge on any atom is -0.456 e. The maximum Gasteiger partial charge on any atom is 0.141 e. The number of hydrogen-bond acceptors (Lipinski definition) is 3. The van der Waals surface area contributed by atoms with Gasteiger partial charge in [-0.3, -0.25) is 0 Å². The van der Waals surface area contributed by atoms with Crippen molar-refractivity contribution in [3.63, 3.8) is 0 Å². The van der Waals surface area contributed by atoms with Crippen molar-refractivity contribution in [2.24, 2.45) is 0 Å². The molecule has 0 fully saturated rings. The van der Waals surface area contributed by atoms with Crippen LogP contribution < -0.4 is 0 Å². The van der Waals surface area contributed by atoms with Gasteiger partial charge in [0.15, 0.2) is 0 Å². The molecular formula is C36H21N3O. The lowest BCUT2D eigenvalue weighted by Gasteiger charge is -2.11. The molecule has 3 heterocycles. The summed E-state index contributed by atoms with van der Waals surface area (Å²) in [5, 5.41) is 14.0. The molecule has 0 atom stereocenters. The third-order valence-electron chi connectivity index (χ3n) is 7.68. The van der Waals surface area contributed by atoms with E-state index < -0.39 is 0 Å². The number of furan rings is 1. The lowest BCUT2D eigenvalue weighted by molar-refractivity contribution is 0.669. The predicted molar refractivity (Wildman–Crippen MR) is 161 cm³/mol. The minimum absolute atomic E-state index is 0.412. The molecule has 0 N–H and O–H groups in total. The molecule has 5 aromatic carbocycles. The van der Waals surface area contributed by atoms with Gasteiger partial charge in [0.05, 0.1) is 11.0 Å². The highest BCUT2D eigenvalue weighted by Gasteiger charge is 2.16. The van der Waals surface area contributed by atoms with E-state index in [1.165, 1.54) is 10.8 Å². The standard InChI is InChI=1S/C36H21N3O/c37-22-27-18-26(15-16-38-27)24-8-5-7-23(17-24)25-9-6-10-28(19-25)39-33-13-3-1-11-29(33)31-20-32-30-12-2-4-14-35(30)40-36(32)21-34(31)39/h1-21H. The molecule has 0 amide bonds. The highest BCUT2D eigenvalue weighted by atomic mass is 16.3. The Morgan fingerprint density at radius 1 is 0.550 bits per heavy atom. The molecule has 0 radical (unpaired) electrons. The zero-order valence-corrected chi connectivity index (χ0v) is 21.4. The number of hydrogen-bond donors (Lipinski definition) is 0. The van der Waals surface area contributed by atoms with E-state index in [4.69, 9.17) is 4.42 Å². The first-order valence-electron chi connectivity index (χ1n) is 13.2. The van der Waals surface area contributed by atoms with Crippen LogP contribution in [0.15, 0.2) is 132 Å². The third kappa shape index (κ3) is 3.42. The minimum atomic E-state index is 0.412. The van der Waals surface area contributed by atoms with Gasteiger partial charge in [0.25, 0.3) is 0 Å². The van der Waals surface area contributed by atoms with Crippen molar-refractivity contribution >= 4 is 43.7 Å². The Hall–Kier alpha value is -5.66. The Balaban J connectivity index is 1.32. The number of para-hydroxylation sites is 2. The summed E-state index contributed by atoms with van der Waals surface area (Å²) in [7, 11) is 0. The lowest BCUT2D eigenvalue weighted by Crippen LogP contribution is -1.94. The van der Waals surface area contributed by atoms with Crippen LogP contribution >= 0.6 is 0 Å². The van der Waals surface area contributed by atoms with Gasteiger partial charge in [-0.05, 0) is 70.8 Å². The Morgan fingerprint density at radius 2 is 1.27 bits per heavy atom. The first-order chi connectivity index (χ1) is 19.8. The maximum absolute atomic E-state index is 9.29. The number of aromatic nitrogens is 2. The Kier molecular flexibility index (Phi) is 4.85. The van der Waals surface area contributed by atoms with E-state index in [0.29, 0.717) is 5.69 Å². The lowest BCUT2D eigenvalue weighted by atomic mass is 9.99. The number of nitrogens with zero attached hydrogens (tertiary/aromatic N) is 3. The molecule has 0 bridgehead atoms. The molecule has 0 saturated carbocycles. The average molecular weight is 512 g/mol. The van der Waals surface area contributed by atoms with Gasteiger partial charge < -0.3 is 8.98 Å². The van der Waals surface area contributed by atoms with Gasteiger partial charge in [0, 0.05) is 39.5 Å². The van der Waals surface area contributed by atoms with Crippen LogP contribution in [-0.4, -0.2) is 9.55 Å². The number of fused-ring (bicyclic) bond motifs is 6. The summed E-state index contributed by atoms with van der Waals surface area (Å²) in [6, 6.07) is 44.2. The summed E-state index contributed by atoms with van der Waals surface area (Å²) >= 11 is 0. The van der Waals surface area contributed by atoms with Crippen LogP contribution in [0.2, 0.25) is 0 Å². The van der Waals surface area contributed by atoms with E-state index >= 15 is 0 Å². The van der Waals surface area contributed by atoms with Crippen molar-refractivity contribution < 1.29 is 4.42 Å². The van der Waals surface area contributed by atoms with Crippen LogP contribution in [0.4, 0.5) is 0 Å². The summed E-state index contributed by atoms with van der Waals surface area (Å²) in [6.07, 6.45) is 1.68. The number of nitriles is 1. The SMILES string of the molecule is N#Cc1cc(-c2cccc(-c3cccc(-n4c5ccccc5c5cc6c(cc54)oc4ccccc46)c3)c2)ccn1. The van der Waals surface area contributed by atoms with Crippen molar-refractivity contribution in [2.75, 3.05) is 0 Å². The summed E-state index contributed by atoms with van der Waals surface area (Å²) in [5.74, 6) is 0. The summed E-state index contributed by atoms with van der Waals surface area (Å²) in [4.78, 5) is 4.11. The van der Waals surface area contributed by atoms with Gasteiger partial charge in [-0.15, -0.1) is 0 Å². The van der Waals surface area contributed by atoms with Crippen LogP contribution in [0, 0.1) is 11.3 Å². The second-order valence-electron chi connectivity index (χ2n) is 9.99. The number of pyridine rings is 1. The summed E-state index contributed by atoms with van der Waals surface area (Å²) in [5.41, 5.74) is 9.79. The molecule has 40 heavy (non-hydrogen) atoms. The van der Waals surface area contributed by atoms with Crippen molar-refractivity contribution in [1.82, 2.24) is 9.55 Å². The zero-order valence-electron chi connectivity index (χ0n) is 21.4. The fourth-order valence-electron chi connectivity index (χ4n) is 5.84. The van der Waals surface area contributed by atoms with E-state index in [1.54, 1.807) is 6.20 Å². The molecule has 4 nitrogen and oxygen atoms in total. The zero-order chi connectivity index (χ0) is 26.6. The van der Waals surface area contributed by atoms with Crippen molar-refractivity contribution in [1.29, 1.82) is 5.26 Å². The van der Waals surface area contributed by atoms with Crippen LogP contribution in [0.25, 0.3) is 71.7 Å². The Bertz CT molecular complexity index is 2300. The third-order valence-corrected chi connectivity index (χ3v) is 7.68. The Morgan fingerprint density at radius 3 is 2.12 bits per heavy atom. The van der Waals surface area contributed by atoms with E-state index in [0.717, 1.165) is 60.9 Å². The molecular weight excluding hydrogens is 490 g/mol. The predicted octanol–water partition coefficient (Wildman–Crippen LogP) is 9.28. The molecule has 0 aliphatic heterocycles. The van der Waals surface area contributed by atoms with Gasteiger partial charge in [0.1, 0.15) is 22.9 Å². The second-order valence-corrected chi connectivity index (χ2v) is 9.99. The molecule has 3 aromatic heterocycles. The largest absolute Gasteiger partial charge is 0.456 e. The van der Waals surface area contributed by atoms with Crippen LogP contribution in [-0.2, 0) is 0 Å². The highest BCUT2D eigenvalue weighted by Crippen LogP contribution is 2.38. The first kappa shape index (κ1) is 22.3. The molecule has 4 heteroatoms. The van der Waals surface area contributed by atoms with Crippen LogP contribution in [0.1, 0.15) is 5.69 Å². The van der Waals surface area contributed by atoms with Gasteiger partial charge >= 0.3 is 0 Å². The van der Waals surface area contributed by atoms with Gasteiger partial charge in [-0.2, -0.15) is 5.26 Å². The molecule has 0 saturated heterocycles. The molecule has 186 valence electrons. The summed E-state index contributed by atoms with van der Waals surface area (Å²) in [6.45, 7) is 0. The van der Waals surface area contributed by atoms with Gasteiger partial charge in [-0.1, -0.05) is 66.7 Å². The Labute approximate surface area is 230 Å². The number of benzene rings is 5. The van der Waals surface area contributed by atoms with Crippen molar-refractivity contribution in [3.05, 3.63) is 133 Å². The molecule has 0 aliphatic rings. The van der Waals surface area contributed by atoms with E-state index in [1.807, 2.05) is 24.3 Å². The normalized spacial score (nSPS) is 11.5.